The Kier molecular flexibility index (Phi) is 8.08. The highest BCUT2D eigenvalue weighted by atomic mass is 79.9. The lowest BCUT2D eigenvalue weighted by molar-refractivity contribution is -0.132. The van der Waals surface area contributed by atoms with E-state index in [1.807, 2.05) is 25.7 Å². The fourth-order valence-electron chi connectivity index (χ4n) is 3.09. The van der Waals surface area contributed by atoms with Gasteiger partial charge in [0.2, 0.25) is 15.9 Å². The first-order valence-corrected chi connectivity index (χ1v) is 11.5. The SMILES string of the molecule is CCOc1ccc(Br)cc1S(=O)(=O)N1CCN(CC(=O)N(CC)CC)CC1. The summed E-state index contributed by atoms with van der Waals surface area (Å²) < 4.78 is 33.9. The highest BCUT2D eigenvalue weighted by Crippen LogP contribution is 2.30. The zero-order valence-electron chi connectivity index (χ0n) is 16.1. The van der Waals surface area contributed by atoms with E-state index in [9.17, 15) is 13.2 Å². The number of nitrogens with zero attached hydrogens (tertiary/aromatic N) is 3. The second-order valence-corrected chi connectivity index (χ2v) is 9.09. The molecule has 27 heavy (non-hydrogen) atoms. The largest absolute Gasteiger partial charge is 0.492 e. The number of amides is 1. The zero-order chi connectivity index (χ0) is 20.0. The smallest absolute Gasteiger partial charge is 0.246 e. The number of likely N-dealkylation sites (N-methyl/N-ethyl adjacent to an activating group) is 1. The third-order valence-electron chi connectivity index (χ3n) is 4.63. The number of piperazine rings is 1. The van der Waals surface area contributed by atoms with Crippen LogP contribution < -0.4 is 4.74 Å². The predicted octanol–water partition coefficient (Wildman–Crippen LogP) is 2.02. The van der Waals surface area contributed by atoms with Crippen molar-refractivity contribution in [3.8, 4) is 5.75 Å². The number of hydrogen-bond donors (Lipinski definition) is 0. The van der Waals surface area contributed by atoms with Gasteiger partial charge in [0.15, 0.2) is 0 Å². The molecular weight excluding hydrogens is 434 g/mol. The average Bonchev–Trinajstić information content (AvgIpc) is 2.64. The van der Waals surface area contributed by atoms with Crippen LogP contribution in [0.4, 0.5) is 0 Å². The second kappa shape index (κ2) is 9.86. The Morgan fingerprint density at radius 3 is 2.33 bits per heavy atom. The third kappa shape index (κ3) is 5.43. The lowest BCUT2D eigenvalue weighted by Crippen LogP contribution is -2.51. The first kappa shape index (κ1) is 22.1. The average molecular weight is 462 g/mol. The molecule has 1 aliphatic rings. The van der Waals surface area contributed by atoms with Gasteiger partial charge in [-0.05, 0) is 39.0 Å². The van der Waals surface area contributed by atoms with Crippen molar-refractivity contribution >= 4 is 31.9 Å². The number of carbonyl (C=O) groups is 1. The minimum atomic E-state index is -3.66. The second-order valence-electron chi connectivity index (χ2n) is 6.27. The molecule has 0 spiro atoms. The fraction of sp³-hybridized carbons (Fsp3) is 0.611. The molecule has 0 unspecified atom stereocenters. The summed E-state index contributed by atoms with van der Waals surface area (Å²) in [7, 11) is -3.66. The maximum absolute atomic E-state index is 13.1. The Hall–Kier alpha value is -1.16. The van der Waals surface area contributed by atoms with E-state index in [4.69, 9.17) is 4.74 Å². The molecule has 0 aromatic heterocycles. The van der Waals surface area contributed by atoms with Crippen LogP contribution in [0.15, 0.2) is 27.6 Å². The molecule has 2 rings (SSSR count). The highest BCUT2D eigenvalue weighted by molar-refractivity contribution is 9.10. The highest BCUT2D eigenvalue weighted by Gasteiger charge is 2.31. The molecule has 0 aliphatic carbocycles. The minimum Gasteiger partial charge on any atom is -0.492 e. The molecule has 1 heterocycles. The summed E-state index contributed by atoms with van der Waals surface area (Å²) >= 11 is 3.34. The molecule has 0 N–H and O–H groups in total. The normalized spacial score (nSPS) is 16.3. The zero-order valence-corrected chi connectivity index (χ0v) is 18.6. The lowest BCUT2D eigenvalue weighted by Gasteiger charge is -2.34. The van der Waals surface area contributed by atoms with Gasteiger partial charge < -0.3 is 9.64 Å². The number of halogens is 1. The Morgan fingerprint density at radius 1 is 1.15 bits per heavy atom. The standard InChI is InChI=1S/C18H28BrN3O4S/c1-4-21(5-2)18(23)14-20-9-11-22(12-10-20)27(24,25)17-13-15(19)7-8-16(17)26-6-3/h7-8,13H,4-6,9-12,14H2,1-3H3. The van der Waals surface area contributed by atoms with Gasteiger partial charge >= 0.3 is 0 Å². The molecule has 9 heteroatoms. The summed E-state index contributed by atoms with van der Waals surface area (Å²) in [5.74, 6) is 0.446. The quantitative estimate of drug-likeness (QED) is 0.592. The molecule has 0 saturated carbocycles. The van der Waals surface area contributed by atoms with Crippen molar-refractivity contribution in [1.82, 2.24) is 14.1 Å². The van der Waals surface area contributed by atoms with E-state index in [2.05, 4.69) is 15.9 Å². The van der Waals surface area contributed by atoms with Crippen molar-refractivity contribution in [2.24, 2.45) is 0 Å². The van der Waals surface area contributed by atoms with Gasteiger partial charge in [-0.25, -0.2) is 8.42 Å². The minimum absolute atomic E-state index is 0.0851. The van der Waals surface area contributed by atoms with Gasteiger partial charge in [0.25, 0.3) is 0 Å². The van der Waals surface area contributed by atoms with E-state index in [-0.39, 0.29) is 10.8 Å². The van der Waals surface area contributed by atoms with E-state index in [0.717, 1.165) is 0 Å². The molecule has 7 nitrogen and oxygen atoms in total. The third-order valence-corrected chi connectivity index (χ3v) is 7.04. The monoisotopic (exact) mass is 461 g/mol. The summed E-state index contributed by atoms with van der Waals surface area (Å²) in [6, 6.07) is 5.01. The van der Waals surface area contributed by atoms with Crippen LogP contribution in [0.1, 0.15) is 20.8 Å². The molecule has 152 valence electrons. The summed E-state index contributed by atoms with van der Waals surface area (Å²) in [6.45, 7) is 9.61. The number of rotatable bonds is 8. The van der Waals surface area contributed by atoms with E-state index in [0.29, 0.717) is 62.6 Å². The van der Waals surface area contributed by atoms with Crippen LogP contribution in [0, 0.1) is 0 Å². The first-order valence-electron chi connectivity index (χ1n) is 9.26. The number of carbonyl (C=O) groups excluding carboxylic acids is 1. The van der Waals surface area contributed by atoms with E-state index >= 15 is 0 Å². The molecule has 0 bridgehead atoms. The van der Waals surface area contributed by atoms with Crippen LogP contribution in [0.25, 0.3) is 0 Å². The summed E-state index contributed by atoms with van der Waals surface area (Å²) in [5.41, 5.74) is 0. The van der Waals surface area contributed by atoms with Gasteiger partial charge in [-0.15, -0.1) is 0 Å². The maximum Gasteiger partial charge on any atom is 0.246 e. The van der Waals surface area contributed by atoms with E-state index in [1.54, 1.807) is 23.1 Å². The Balaban J connectivity index is 2.07. The van der Waals surface area contributed by atoms with Gasteiger partial charge in [0.05, 0.1) is 13.2 Å². The molecule has 1 saturated heterocycles. The van der Waals surface area contributed by atoms with Crippen molar-refractivity contribution in [3.05, 3.63) is 22.7 Å². The van der Waals surface area contributed by atoms with Crippen LogP contribution in [-0.4, -0.2) is 80.9 Å². The number of ether oxygens (including phenoxy) is 1. The van der Waals surface area contributed by atoms with E-state index in [1.165, 1.54) is 4.31 Å². The fourth-order valence-corrected chi connectivity index (χ4v) is 5.18. The Bertz CT molecular complexity index is 745. The number of benzene rings is 1. The molecule has 1 amide bonds. The molecule has 1 aliphatic heterocycles. The molecule has 1 fully saturated rings. The molecule has 1 aromatic carbocycles. The van der Waals surface area contributed by atoms with Gasteiger partial charge in [0, 0.05) is 43.7 Å². The molecule has 0 radical (unpaired) electrons. The Morgan fingerprint density at radius 2 is 1.78 bits per heavy atom. The van der Waals surface area contributed by atoms with Crippen molar-refractivity contribution < 1.29 is 17.9 Å². The van der Waals surface area contributed by atoms with Gasteiger partial charge in [-0.2, -0.15) is 4.31 Å². The summed E-state index contributed by atoms with van der Waals surface area (Å²) in [5, 5.41) is 0. The van der Waals surface area contributed by atoms with Crippen LogP contribution in [0.3, 0.4) is 0 Å². The summed E-state index contributed by atoms with van der Waals surface area (Å²) in [4.78, 5) is 16.2. The van der Waals surface area contributed by atoms with Crippen molar-refractivity contribution in [1.29, 1.82) is 0 Å². The molecular formula is C18H28BrN3O4S. The maximum atomic E-state index is 13.1. The van der Waals surface area contributed by atoms with Gasteiger partial charge in [-0.1, -0.05) is 15.9 Å². The molecule has 1 aromatic rings. The van der Waals surface area contributed by atoms with Crippen LogP contribution in [-0.2, 0) is 14.8 Å². The van der Waals surface area contributed by atoms with Crippen molar-refractivity contribution in [2.45, 2.75) is 25.7 Å². The van der Waals surface area contributed by atoms with E-state index < -0.39 is 10.0 Å². The van der Waals surface area contributed by atoms with Crippen molar-refractivity contribution in [3.63, 3.8) is 0 Å². The van der Waals surface area contributed by atoms with Gasteiger partial charge in [-0.3, -0.25) is 9.69 Å². The lowest BCUT2D eigenvalue weighted by atomic mass is 10.3. The van der Waals surface area contributed by atoms with Gasteiger partial charge in [0.1, 0.15) is 10.6 Å². The van der Waals surface area contributed by atoms with Crippen molar-refractivity contribution in [2.75, 3.05) is 52.4 Å². The number of sulfonamides is 1. The van der Waals surface area contributed by atoms with Crippen LogP contribution in [0.2, 0.25) is 0 Å². The van der Waals surface area contributed by atoms with Crippen LogP contribution >= 0.6 is 15.9 Å². The summed E-state index contributed by atoms with van der Waals surface area (Å²) in [6.07, 6.45) is 0. The Labute approximate surface area is 170 Å². The number of hydrogen-bond acceptors (Lipinski definition) is 5. The van der Waals surface area contributed by atoms with Crippen LogP contribution in [0.5, 0.6) is 5.75 Å². The predicted molar refractivity (Wildman–Crippen MR) is 108 cm³/mol. The molecule has 0 atom stereocenters. The topological polar surface area (TPSA) is 70.2 Å². The first-order chi connectivity index (χ1) is 12.8.